The van der Waals surface area contributed by atoms with E-state index in [9.17, 15) is 0 Å². The van der Waals surface area contributed by atoms with Gasteiger partial charge in [0.05, 0.1) is 27.9 Å². The van der Waals surface area contributed by atoms with E-state index in [0.29, 0.717) is 39.0 Å². The van der Waals surface area contributed by atoms with E-state index in [4.69, 9.17) is 51.1 Å². The molecule has 0 radical (unpaired) electrons. The van der Waals surface area contributed by atoms with Crippen LogP contribution in [0, 0.1) is 0 Å². The van der Waals surface area contributed by atoms with Crippen molar-refractivity contribution in [3.63, 3.8) is 0 Å². The Hall–Kier alpha value is -1.39. The second-order valence-corrected chi connectivity index (χ2v) is 6.79. The Morgan fingerprint density at radius 2 is 1.79 bits per heavy atom. The molecule has 0 aliphatic carbocycles. The molecule has 0 aliphatic rings. The van der Waals surface area contributed by atoms with Crippen LogP contribution in [-0.2, 0) is 13.2 Å². The molecule has 0 fully saturated rings. The van der Waals surface area contributed by atoms with Crippen LogP contribution in [0.1, 0.15) is 11.1 Å². The molecule has 0 atom stereocenters. The molecule has 1 heterocycles. The summed E-state index contributed by atoms with van der Waals surface area (Å²) in [5.41, 5.74) is 1.73. The maximum atomic E-state index is 6.34. The largest absolute Gasteiger partial charge is 0.488 e. The molecule has 3 nitrogen and oxygen atoms in total. The minimum atomic E-state index is 0.324. The summed E-state index contributed by atoms with van der Waals surface area (Å²) in [6.45, 7) is 0.858. The van der Waals surface area contributed by atoms with Gasteiger partial charge in [-0.25, -0.2) is 4.98 Å². The maximum absolute atomic E-state index is 6.34. The summed E-state index contributed by atoms with van der Waals surface area (Å²) in [6.07, 6.45) is 5.28. The molecule has 24 heavy (non-hydrogen) atoms. The molecule has 3 rings (SSSR count). The highest BCUT2D eigenvalue weighted by molar-refractivity contribution is 6.42. The first-order chi connectivity index (χ1) is 11.5. The fraction of sp³-hybridized carbons (Fsp3) is 0.118. The first kappa shape index (κ1) is 17.4. The highest BCUT2D eigenvalue weighted by Gasteiger charge is 2.12. The van der Waals surface area contributed by atoms with Crippen molar-refractivity contribution in [2.75, 3.05) is 0 Å². The number of hydrogen-bond acceptors (Lipinski definition) is 2. The van der Waals surface area contributed by atoms with E-state index in [1.807, 2.05) is 16.8 Å². The Morgan fingerprint density at radius 3 is 2.50 bits per heavy atom. The van der Waals surface area contributed by atoms with Gasteiger partial charge >= 0.3 is 0 Å². The van der Waals surface area contributed by atoms with Crippen molar-refractivity contribution in [1.29, 1.82) is 0 Å². The minimum absolute atomic E-state index is 0.324. The molecule has 0 unspecified atom stereocenters. The predicted octanol–water partition coefficient (Wildman–Crippen LogP) is 6.12. The lowest BCUT2D eigenvalue weighted by Gasteiger charge is -2.14. The van der Waals surface area contributed by atoms with Crippen LogP contribution < -0.4 is 4.74 Å². The van der Waals surface area contributed by atoms with Crippen LogP contribution in [0.5, 0.6) is 5.75 Å². The van der Waals surface area contributed by atoms with Gasteiger partial charge in [-0.2, -0.15) is 0 Å². The molecule has 0 bridgehead atoms. The van der Waals surface area contributed by atoms with Gasteiger partial charge in [0.15, 0.2) is 0 Å². The van der Waals surface area contributed by atoms with Crippen LogP contribution in [0.2, 0.25) is 20.1 Å². The van der Waals surface area contributed by atoms with Gasteiger partial charge in [-0.1, -0.05) is 52.5 Å². The Morgan fingerprint density at radius 1 is 0.958 bits per heavy atom. The summed E-state index contributed by atoms with van der Waals surface area (Å²) in [5, 5.41) is 2.05. The van der Waals surface area contributed by atoms with Crippen LogP contribution in [0.25, 0.3) is 0 Å². The summed E-state index contributed by atoms with van der Waals surface area (Å²) in [6, 6.07) is 8.81. The van der Waals surface area contributed by atoms with E-state index >= 15 is 0 Å². The molecule has 0 N–H and O–H groups in total. The van der Waals surface area contributed by atoms with Crippen molar-refractivity contribution in [3.05, 3.63) is 80.3 Å². The lowest BCUT2D eigenvalue weighted by Crippen LogP contribution is -2.03. The number of ether oxygens (including phenoxy) is 1. The SMILES string of the molecule is Clc1cc(Cl)c(Cn2ccnc2)c(OCc2ccc(Cl)c(Cl)c2)c1. The molecule has 7 heteroatoms. The molecule has 3 aromatic rings. The summed E-state index contributed by atoms with van der Waals surface area (Å²) < 4.78 is 7.83. The lowest BCUT2D eigenvalue weighted by molar-refractivity contribution is 0.302. The second kappa shape index (κ2) is 7.66. The molecule has 0 aliphatic heterocycles. The lowest BCUT2D eigenvalue weighted by atomic mass is 10.2. The third kappa shape index (κ3) is 4.17. The third-order valence-electron chi connectivity index (χ3n) is 3.40. The summed E-state index contributed by atoms with van der Waals surface area (Å²) in [5.74, 6) is 0.618. The normalized spacial score (nSPS) is 10.8. The first-order valence-corrected chi connectivity index (χ1v) is 8.54. The Balaban J connectivity index is 1.84. The zero-order valence-corrected chi connectivity index (χ0v) is 15.4. The standard InChI is InChI=1S/C17H12Cl4N2O/c18-12-6-15(20)13(8-23-4-3-22-10-23)17(7-12)24-9-11-1-2-14(19)16(21)5-11/h1-7,10H,8-9H2. The van der Waals surface area contributed by atoms with Gasteiger partial charge in [0, 0.05) is 23.0 Å². The van der Waals surface area contributed by atoms with Crippen molar-refractivity contribution in [1.82, 2.24) is 9.55 Å². The van der Waals surface area contributed by atoms with Gasteiger partial charge in [0.2, 0.25) is 0 Å². The molecule has 2 aromatic carbocycles. The smallest absolute Gasteiger partial charge is 0.127 e. The minimum Gasteiger partial charge on any atom is -0.488 e. The van der Waals surface area contributed by atoms with E-state index in [-0.39, 0.29) is 0 Å². The molecular weight excluding hydrogens is 390 g/mol. The van der Waals surface area contributed by atoms with Crippen molar-refractivity contribution in [3.8, 4) is 5.75 Å². The quantitative estimate of drug-likeness (QED) is 0.514. The van der Waals surface area contributed by atoms with E-state index in [1.54, 1.807) is 36.8 Å². The Labute approximate surface area is 159 Å². The second-order valence-electron chi connectivity index (χ2n) is 5.14. The molecule has 0 saturated carbocycles. The summed E-state index contributed by atoms with van der Waals surface area (Å²) in [4.78, 5) is 4.03. The number of aromatic nitrogens is 2. The average molecular weight is 402 g/mol. The van der Waals surface area contributed by atoms with Gasteiger partial charge in [-0.05, 0) is 29.8 Å². The number of imidazole rings is 1. The molecule has 0 amide bonds. The molecule has 1 aromatic heterocycles. The Kier molecular flexibility index (Phi) is 5.57. The topological polar surface area (TPSA) is 27.1 Å². The van der Waals surface area contributed by atoms with Crippen molar-refractivity contribution in [2.24, 2.45) is 0 Å². The van der Waals surface area contributed by atoms with Crippen LogP contribution in [0.15, 0.2) is 49.1 Å². The van der Waals surface area contributed by atoms with Crippen molar-refractivity contribution in [2.45, 2.75) is 13.2 Å². The summed E-state index contributed by atoms with van der Waals surface area (Å²) >= 11 is 24.4. The van der Waals surface area contributed by atoms with Gasteiger partial charge in [-0.3, -0.25) is 0 Å². The number of rotatable bonds is 5. The fourth-order valence-corrected chi connectivity index (χ4v) is 3.07. The monoisotopic (exact) mass is 400 g/mol. The number of halogens is 4. The van der Waals surface area contributed by atoms with E-state index in [1.165, 1.54) is 0 Å². The zero-order chi connectivity index (χ0) is 17.1. The molecule has 0 saturated heterocycles. The van der Waals surface area contributed by atoms with Gasteiger partial charge in [0.1, 0.15) is 12.4 Å². The van der Waals surface area contributed by atoms with Crippen LogP contribution in [0.4, 0.5) is 0 Å². The average Bonchev–Trinajstić information content (AvgIpc) is 3.04. The van der Waals surface area contributed by atoms with Crippen LogP contribution in [-0.4, -0.2) is 9.55 Å². The maximum Gasteiger partial charge on any atom is 0.127 e. The molecule has 0 spiro atoms. The number of benzene rings is 2. The van der Waals surface area contributed by atoms with Crippen LogP contribution in [0.3, 0.4) is 0 Å². The van der Waals surface area contributed by atoms with Gasteiger partial charge < -0.3 is 9.30 Å². The van der Waals surface area contributed by atoms with Gasteiger partial charge in [-0.15, -0.1) is 0 Å². The van der Waals surface area contributed by atoms with E-state index in [2.05, 4.69) is 4.98 Å². The summed E-state index contributed by atoms with van der Waals surface area (Å²) in [7, 11) is 0. The fourth-order valence-electron chi connectivity index (χ4n) is 2.22. The Bertz CT molecular complexity index is 850. The third-order valence-corrected chi connectivity index (χ3v) is 4.69. The highest BCUT2D eigenvalue weighted by atomic mass is 35.5. The van der Waals surface area contributed by atoms with E-state index < -0.39 is 0 Å². The first-order valence-electron chi connectivity index (χ1n) is 7.03. The molecular formula is C17H12Cl4N2O. The number of nitrogens with zero attached hydrogens (tertiary/aromatic N) is 2. The van der Waals surface area contributed by atoms with E-state index in [0.717, 1.165) is 11.1 Å². The number of hydrogen-bond donors (Lipinski definition) is 0. The highest BCUT2D eigenvalue weighted by Crippen LogP contribution is 2.32. The van der Waals surface area contributed by atoms with Crippen LogP contribution >= 0.6 is 46.4 Å². The predicted molar refractivity (Wildman–Crippen MR) is 98.6 cm³/mol. The van der Waals surface area contributed by atoms with Crippen molar-refractivity contribution < 1.29 is 4.74 Å². The zero-order valence-electron chi connectivity index (χ0n) is 12.3. The van der Waals surface area contributed by atoms with Crippen molar-refractivity contribution >= 4 is 46.4 Å². The molecule has 124 valence electrons. The van der Waals surface area contributed by atoms with Gasteiger partial charge in [0.25, 0.3) is 0 Å².